The highest BCUT2D eigenvalue weighted by atomic mass is 16.6. The highest BCUT2D eigenvalue weighted by Crippen LogP contribution is 2.23. The zero-order valence-electron chi connectivity index (χ0n) is 13.3. The van der Waals surface area contributed by atoms with Gasteiger partial charge in [-0.2, -0.15) is 5.26 Å². The maximum atomic E-state index is 11.8. The van der Waals surface area contributed by atoms with Crippen molar-refractivity contribution in [2.24, 2.45) is 11.8 Å². The van der Waals surface area contributed by atoms with Gasteiger partial charge in [0.2, 0.25) is 5.91 Å². The number of likely N-dealkylation sites (tertiary alicyclic amines) is 1. The first kappa shape index (κ1) is 17.3. The number of carbonyl (C=O) groups is 2. The SMILES string of the molecule is CC1CCN(C(=O)CC#N)CC1CNC(=O)OC(C)(C)C. The quantitative estimate of drug-likeness (QED) is 0.862. The van der Waals surface area contributed by atoms with Crippen LogP contribution in [-0.4, -0.2) is 42.1 Å². The van der Waals surface area contributed by atoms with Gasteiger partial charge in [-0.05, 0) is 39.0 Å². The molecule has 0 spiro atoms. The largest absolute Gasteiger partial charge is 0.444 e. The van der Waals surface area contributed by atoms with Crippen LogP contribution in [0.1, 0.15) is 40.5 Å². The number of rotatable bonds is 3. The first-order valence-electron chi connectivity index (χ1n) is 7.34. The van der Waals surface area contributed by atoms with Gasteiger partial charge in [-0.25, -0.2) is 4.79 Å². The van der Waals surface area contributed by atoms with E-state index in [2.05, 4.69) is 12.2 Å². The van der Waals surface area contributed by atoms with Gasteiger partial charge in [-0.3, -0.25) is 4.79 Å². The van der Waals surface area contributed by atoms with E-state index in [9.17, 15) is 9.59 Å². The minimum Gasteiger partial charge on any atom is -0.444 e. The maximum absolute atomic E-state index is 11.8. The van der Waals surface area contributed by atoms with Crippen LogP contribution in [-0.2, 0) is 9.53 Å². The second kappa shape index (κ2) is 7.30. The summed E-state index contributed by atoms with van der Waals surface area (Å²) in [5.74, 6) is 0.478. The lowest BCUT2D eigenvalue weighted by Crippen LogP contribution is -2.47. The Morgan fingerprint density at radius 3 is 2.67 bits per heavy atom. The van der Waals surface area contributed by atoms with Crippen LogP contribution < -0.4 is 5.32 Å². The Kier molecular flexibility index (Phi) is 6.01. The fraction of sp³-hybridized carbons (Fsp3) is 0.800. The van der Waals surface area contributed by atoms with E-state index in [0.29, 0.717) is 25.6 Å². The van der Waals surface area contributed by atoms with Crippen molar-refractivity contribution in [1.29, 1.82) is 5.26 Å². The van der Waals surface area contributed by atoms with Gasteiger partial charge in [0.1, 0.15) is 12.0 Å². The van der Waals surface area contributed by atoms with E-state index < -0.39 is 11.7 Å². The first-order chi connectivity index (χ1) is 9.73. The number of carbonyl (C=O) groups excluding carboxylic acids is 2. The summed E-state index contributed by atoms with van der Waals surface area (Å²) in [6.45, 7) is 9.32. The van der Waals surface area contributed by atoms with E-state index in [-0.39, 0.29) is 18.2 Å². The van der Waals surface area contributed by atoms with Gasteiger partial charge in [0.15, 0.2) is 0 Å². The second-order valence-corrected chi connectivity index (χ2v) is 6.58. The van der Waals surface area contributed by atoms with E-state index in [1.54, 1.807) is 4.90 Å². The molecule has 118 valence electrons. The van der Waals surface area contributed by atoms with Crippen LogP contribution in [0, 0.1) is 23.2 Å². The van der Waals surface area contributed by atoms with Crippen LogP contribution in [0.5, 0.6) is 0 Å². The fourth-order valence-corrected chi connectivity index (χ4v) is 2.35. The lowest BCUT2D eigenvalue weighted by molar-refractivity contribution is -0.132. The van der Waals surface area contributed by atoms with Crippen molar-refractivity contribution in [2.75, 3.05) is 19.6 Å². The number of piperidine rings is 1. The molecule has 1 fully saturated rings. The lowest BCUT2D eigenvalue weighted by Gasteiger charge is -2.37. The molecule has 1 aliphatic heterocycles. The Balaban J connectivity index is 2.47. The van der Waals surface area contributed by atoms with Crippen LogP contribution in [0.25, 0.3) is 0 Å². The smallest absolute Gasteiger partial charge is 0.407 e. The molecule has 6 nitrogen and oxygen atoms in total. The Morgan fingerprint density at radius 2 is 2.10 bits per heavy atom. The molecule has 1 heterocycles. The molecule has 2 unspecified atom stereocenters. The van der Waals surface area contributed by atoms with Gasteiger partial charge in [0.05, 0.1) is 6.07 Å². The summed E-state index contributed by atoms with van der Waals surface area (Å²) in [6.07, 6.45) is 0.369. The monoisotopic (exact) mass is 295 g/mol. The summed E-state index contributed by atoms with van der Waals surface area (Å²) in [5.41, 5.74) is -0.517. The zero-order chi connectivity index (χ0) is 16.0. The van der Waals surface area contributed by atoms with Crippen molar-refractivity contribution in [1.82, 2.24) is 10.2 Å². The minimum atomic E-state index is -0.517. The molecule has 1 aliphatic rings. The normalized spacial score (nSPS) is 22.3. The third-order valence-corrected chi connectivity index (χ3v) is 3.60. The molecule has 1 N–H and O–H groups in total. The Bertz CT molecular complexity index is 423. The Labute approximate surface area is 126 Å². The third kappa shape index (κ3) is 6.03. The average Bonchev–Trinajstić information content (AvgIpc) is 2.36. The molecular formula is C15H25N3O3. The van der Waals surface area contributed by atoms with E-state index in [4.69, 9.17) is 10.00 Å². The molecule has 0 aromatic heterocycles. The van der Waals surface area contributed by atoms with Crippen molar-refractivity contribution < 1.29 is 14.3 Å². The molecule has 6 heteroatoms. The molecule has 21 heavy (non-hydrogen) atoms. The standard InChI is InChI=1S/C15H25N3O3/c1-11-6-8-18(13(19)5-7-16)10-12(11)9-17-14(20)21-15(2,3)4/h11-12H,5-6,8-10H2,1-4H3,(H,17,20). The van der Waals surface area contributed by atoms with Crippen LogP contribution in [0.4, 0.5) is 4.79 Å². The van der Waals surface area contributed by atoms with Gasteiger partial charge in [0, 0.05) is 19.6 Å². The maximum Gasteiger partial charge on any atom is 0.407 e. The molecule has 0 aromatic carbocycles. The van der Waals surface area contributed by atoms with E-state index >= 15 is 0 Å². The van der Waals surface area contributed by atoms with Crippen molar-refractivity contribution in [3.63, 3.8) is 0 Å². The number of alkyl carbamates (subject to hydrolysis) is 1. The highest BCUT2D eigenvalue weighted by Gasteiger charge is 2.29. The summed E-state index contributed by atoms with van der Waals surface area (Å²) in [6, 6.07) is 1.89. The van der Waals surface area contributed by atoms with Crippen LogP contribution in [0.2, 0.25) is 0 Å². The first-order valence-corrected chi connectivity index (χ1v) is 7.34. The van der Waals surface area contributed by atoms with Gasteiger partial charge >= 0.3 is 6.09 Å². The van der Waals surface area contributed by atoms with Crippen molar-refractivity contribution >= 4 is 12.0 Å². The number of hydrogen-bond donors (Lipinski definition) is 1. The molecule has 0 radical (unpaired) electrons. The lowest BCUT2D eigenvalue weighted by atomic mass is 9.87. The molecular weight excluding hydrogens is 270 g/mol. The highest BCUT2D eigenvalue weighted by molar-refractivity contribution is 5.78. The van der Waals surface area contributed by atoms with Crippen molar-refractivity contribution in [2.45, 2.75) is 46.1 Å². The predicted octanol–water partition coefficient (Wildman–Crippen LogP) is 1.91. The molecule has 0 aliphatic carbocycles. The number of nitrogens with one attached hydrogen (secondary N) is 1. The molecule has 2 amide bonds. The van der Waals surface area contributed by atoms with Gasteiger partial charge < -0.3 is 15.0 Å². The number of amides is 2. The van der Waals surface area contributed by atoms with Gasteiger partial charge in [-0.1, -0.05) is 6.92 Å². The summed E-state index contributed by atoms with van der Waals surface area (Å²) < 4.78 is 5.20. The van der Waals surface area contributed by atoms with Crippen LogP contribution in [0.3, 0.4) is 0 Å². The van der Waals surface area contributed by atoms with E-state index in [1.807, 2.05) is 26.8 Å². The number of hydrogen-bond acceptors (Lipinski definition) is 4. The third-order valence-electron chi connectivity index (χ3n) is 3.60. The second-order valence-electron chi connectivity index (χ2n) is 6.58. The molecule has 0 bridgehead atoms. The number of ether oxygens (including phenoxy) is 1. The summed E-state index contributed by atoms with van der Waals surface area (Å²) in [7, 11) is 0. The topological polar surface area (TPSA) is 82.4 Å². The summed E-state index contributed by atoms with van der Waals surface area (Å²) in [4.78, 5) is 25.1. The molecule has 0 aromatic rings. The molecule has 1 rings (SSSR count). The van der Waals surface area contributed by atoms with E-state index in [1.165, 1.54) is 0 Å². The fourth-order valence-electron chi connectivity index (χ4n) is 2.35. The summed E-state index contributed by atoms with van der Waals surface area (Å²) in [5, 5.41) is 11.4. The van der Waals surface area contributed by atoms with Crippen molar-refractivity contribution in [3.8, 4) is 6.07 Å². The van der Waals surface area contributed by atoms with E-state index in [0.717, 1.165) is 6.42 Å². The minimum absolute atomic E-state index is 0.0827. The summed E-state index contributed by atoms with van der Waals surface area (Å²) >= 11 is 0. The predicted molar refractivity (Wildman–Crippen MR) is 78.3 cm³/mol. The van der Waals surface area contributed by atoms with Gasteiger partial charge in [-0.15, -0.1) is 0 Å². The number of nitriles is 1. The number of nitrogens with zero attached hydrogens (tertiary/aromatic N) is 2. The van der Waals surface area contributed by atoms with Crippen LogP contribution >= 0.6 is 0 Å². The zero-order valence-corrected chi connectivity index (χ0v) is 13.3. The van der Waals surface area contributed by atoms with Crippen LogP contribution in [0.15, 0.2) is 0 Å². The molecule has 1 saturated heterocycles. The van der Waals surface area contributed by atoms with Crippen molar-refractivity contribution in [3.05, 3.63) is 0 Å². The molecule has 0 saturated carbocycles. The average molecular weight is 295 g/mol. The Hall–Kier alpha value is -1.77. The Morgan fingerprint density at radius 1 is 1.43 bits per heavy atom. The van der Waals surface area contributed by atoms with Gasteiger partial charge in [0.25, 0.3) is 0 Å². The molecule has 2 atom stereocenters.